The van der Waals surface area contributed by atoms with Crippen LogP contribution in [0, 0.1) is 6.92 Å². The molecule has 1 fully saturated rings. The minimum absolute atomic E-state index is 0.100. The molecule has 0 radical (unpaired) electrons. The van der Waals surface area contributed by atoms with E-state index in [1.54, 1.807) is 24.5 Å². The summed E-state index contributed by atoms with van der Waals surface area (Å²) >= 11 is 0. The lowest BCUT2D eigenvalue weighted by atomic mass is 10.2. The lowest BCUT2D eigenvalue weighted by molar-refractivity contribution is 0.0623. The first-order valence-electron chi connectivity index (χ1n) is 8.70. The second-order valence-electron chi connectivity index (χ2n) is 6.36. The Balaban J connectivity index is 1.30. The van der Waals surface area contributed by atoms with Gasteiger partial charge in [-0.3, -0.25) is 9.69 Å². The van der Waals surface area contributed by atoms with Gasteiger partial charge in [0.2, 0.25) is 5.76 Å². The van der Waals surface area contributed by atoms with E-state index in [1.165, 1.54) is 0 Å². The molecule has 0 N–H and O–H groups in total. The maximum atomic E-state index is 12.6. The Morgan fingerprint density at radius 1 is 1.19 bits per heavy atom. The molecule has 0 aliphatic carbocycles. The molecule has 0 saturated carbocycles. The van der Waals surface area contributed by atoms with Crippen molar-refractivity contribution in [2.45, 2.75) is 13.5 Å². The second kappa shape index (κ2) is 7.17. The molecule has 1 amide bonds. The van der Waals surface area contributed by atoms with Crippen LogP contribution in [0.3, 0.4) is 0 Å². The van der Waals surface area contributed by atoms with Gasteiger partial charge >= 0.3 is 0 Å². The number of imidazole rings is 1. The van der Waals surface area contributed by atoms with Gasteiger partial charge in [-0.1, -0.05) is 5.16 Å². The normalized spacial score (nSPS) is 15.5. The molecular weight excluding hydrogens is 334 g/mol. The van der Waals surface area contributed by atoms with Crippen molar-refractivity contribution in [3.8, 4) is 11.5 Å². The van der Waals surface area contributed by atoms with Crippen molar-refractivity contribution >= 4 is 5.91 Å². The fourth-order valence-electron chi connectivity index (χ4n) is 3.14. The summed E-state index contributed by atoms with van der Waals surface area (Å²) in [6.45, 7) is 6.94. The minimum Gasteiger partial charge on any atom is -0.461 e. The Labute approximate surface area is 151 Å². The third kappa shape index (κ3) is 3.41. The van der Waals surface area contributed by atoms with E-state index in [1.807, 2.05) is 24.2 Å². The lowest BCUT2D eigenvalue weighted by Crippen LogP contribution is -2.49. The summed E-state index contributed by atoms with van der Waals surface area (Å²) in [5, 5.41) is 3.90. The molecular formula is C18H21N5O3. The summed E-state index contributed by atoms with van der Waals surface area (Å²) in [5.74, 6) is 1.96. The highest BCUT2D eigenvalue weighted by molar-refractivity contribution is 5.93. The molecule has 4 heterocycles. The second-order valence-corrected chi connectivity index (χ2v) is 6.36. The van der Waals surface area contributed by atoms with E-state index < -0.39 is 0 Å². The average molecular weight is 355 g/mol. The maximum absolute atomic E-state index is 12.6. The van der Waals surface area contributed by atoms with Crippen LogP contribution in [0.25, 0.3) is 11.5 Å². The highest BCUT2D eigenvalue weighted by atomic mass is 16.5. The highest BCUT2D eigenvalue weighted by Gasteiger charge is 2.25. The molecule has 1 saturated heterocycles. The zero-order valence-corrected chi connectivity index (χ0v) is 14.7. The monoisotopic (exact) mass is 355 g/mol. The lowest BCUT2D eigenvalue weighted by Gasteiger charge is -2.34. The number of hydrogen-bond acceptors (Lipinski definition) is 6. The van der Waals surface area contributed by atoms with E-state index in [4.69, 9.17) is 8.94 Å². The largest absolute Gasteiger partial charge is 0.461 e. The zero-order chi connectivity index (χ0) is 17.9. The van der Waals surface area contributed by atoms with Crippen LogP contribution < -0.4 is 0 Å². The number of carbonyl (C=O) groups excluding carboxylic acids is 1. The van der Waals surface area contributed by atoms with Gasteiger partial charge in [-0.25, -0.2) is 4.98 Å². The van der Waals surface area contributed by atoms with Crippen molar-refractivity contribution in [3.05, 3.63) is 48.4 Å². The molecule has 136 valence electrons. The Kier molecular flexibility index (Phi) is 4.57. The number of hydrogen-bond donors (Lipinski definition) is 0. The van der Waals surface area contributed by atoms with E-state index in [2.05, 4.69) is 19.6 Å². The standard InChI is InChI=1S/C18H21N5O3/c1-14-19-4-5-22(14)9-6-21-7-10-23(11-8-21)18(24)15-13-17(26-20-15)16-3-2-12-25-16/h2-5,12-13H,6-11H2,1H3. The zero-order valence-electron chi connectivity index (χ0n) is 14.7. The first-order chi connectivity index (χ1) is 12.7. The van der Waals surface area contributed by atoms with Crippen molar-refractivity contribution in [1.29, 1.82) is 0 Å². The summed E-state index contributed by atoms with van der Waals surface area (Å²) in [6, 6.07) is 5.18. The number of aryl methyl sites for hydroxylation is 1. The van der Waals surface area contributed by atoms with Gasteiger partial charge in [-0.05, 0) is 19.1 Å². The number of piperazine rings is 1. The number of amides is 1. The van der Waals surface area contributed by atoms with Crippen LogP contribution in [0.2, 0.25) is 0 Å². The van der Waals surface area contributed by atoms with Gasteiger partial charge in [-0.2, -0.15) is 0 Å². The first-order valence-corrected chi connectivity index (χ1v) is 8.70. The third-order valence-corrected chi connectivity index (χ3v) is 4.73. The Bertz CT molecular complexity index is 859. The van der Waals surface area contributed by atoms with Crippen LogP contribution in [-0.4, -0.2) is 63.1 Å². The smallest absolute Gasteiger partial charge is 0.276 e. The van der Waals surface area contributed by atoms with Crippen LogP contribution in [0.4, 0.5) is 0 Å². The minimum atomic E-state index is -0.100. The molecule has 0 aromatic carbocycles. The molecule has 8 nitrogen and oxygen atoms in total. The molecule has 0 spiro atoms. The Morgan fingerprint density at radius 3 is 2.73 bits per heavy atom. The van der Waals surface area contributed by atoms with Crippen molar-refractivity contribution < 1.29 is 13.7 Å². The highest BCUT2D eigenvalue weighted by Crippen LogP contribution is 2.21. The van der Waals surface area contributed by atoms with Crippen molar-refractivity contribution in [1.82, 2.24) is 24.5 Å². The molecule has 26 heavy (non-hydrogen) atoms. The summed E-state index contributed by atoms with van der Waals surface area (Å²) in [7, 11) is 0. The molecule has 0 unspecified atom stereocenters. The number of furan rings is 1. The number of aromatic nitrogens is 3. The van der Waals surface area contributed by atoms with E-state index in [0.717, 1.165) is 32.0 Å². The molecule has 1 aliphatic heterocycles. The number of carbonyl (C=O) groups is 1. The third-order valence-electron chi connectivity index (χ3n) is 4.73. The summed E-state index contributed by atoms with van der Waals surface area (Å²) in [6.07, 6.45) is 5.38. The fourth-order valence-corrected chi connectivity index (χ4v) is 3.14. The van der Waals surface area contributed by atoms with E-state index in [-0.39, 0.29) is 5.91 Å². The van der Waals surface area contributed by atoms with E-state index in [0.29, 0.717) is 30.3 Å². The SMILES string of the molecule is Cc1nccn1CCN1CCN(C(=O)c2cc(-c3ccco3)on2)CC1. The summed E-state index contributed by atoms with van der Waals surface area (Å²) < 4.78 is 12.6. The molecule has 4 rings (SSSR count). The Morgan fingerprint density at radius 2 is 2.04 bits per heavy atom. The van der Waals surface area contributed by atoms with Crippen LogP contribution in [0.5, 0.6) is 0 Å². The molecule has 1 aliphatic rings. The maximum Gasteiger partial charge on any atom is 0.276 e. The van der Waals surface area contributed by atoms with Gasteiger partial charge in [-0.15, -0.1) is 0 Å². The number of rotatable bonds is 5. The van der Waals surface area contributed by atoms with Gasteiger partial charge in [0, 0.05) is 57.7 Å². The summed E-state index contributed by atoms with van der Waals surface area (Å²) in [5.41, 5.74) is 0.318. The van der Waals surface area contributed by atoms with Crippen LogP contribution in [0.1, 0.15) is 16.3 Å². The summed E-state index contributed by atoms with van der Waals surface area (Å²) in [4.78, 5) is 21.0. The van der Waals surface area contributed by atoms with Crippen LogP contribution in [-0.2, 0) is 6.54 Å². The molecule has 8 heteroatoms. The van der Waals surface area contributed by atoms with Gasteiger partial charge in [0.05, 0.1) is 6.26 Å². The van der Waals surface area contributed by atoms with Gasteiger partial charge in [0.25, 0.3) is 5.91 Å². The molecule has 0 bridgehead atoms. The van der Waals surface area contributed by atoms with Crippen molar-refractivity contribution in [3.63, 3.8) is 0 Å². The fraction of sp³-hybridized carbons (Fsp3) is 0.389. The predicted octanol–water partition coefficient (Wildman–Crippen LogP) is 1.90. The van der Waals surface area contributed by atoms with Crippen LogP contribution in [0.15, 0.2) is 45.8 Å². The predicted molar refractivity (Wildman–Crippen MR) is 93.5 cm³/mol. The van der Waals surface area contributed by atoms with E-state index in [9.17, 15) is 4.79 Å². The van der Waals surface area contributed by atoms with Crippen LogP contribution >= 0.6 is 0 Å². The Hall–Kier alpha value is -2.87. The molecule has 0 atom stereocenters. The quantitative estimate of drug-likeness (QED) is 0.695. The van der Waals surface area contributed by atoms with Gasteiger partial charge in [0.1, 0.15) is 5.82 Å². The van der Waals surface area contributed by atoms with Gasteiger partial charge < -0.3 is 18.4 Å². The number of nitrogens with zero attached hydrogens (tertiary/aromatic N) is 5. The van der Waals surface area contributed by atoms with Gasteiger partial charge in [0.15, 0.2) is 11.5 Å². The van der Waals surface area contributed by atoms with E-state index >= 15 is 0 Å². The molecule has 3 aromatic rings. The topological polar surface area (TPSA) is 80.5 Å². The first kappa shape index (κ1) is 16.6. The van der Waals surface area contributed by atoms with Crippen molar-refractivity contribution in [2.75, 3.05) is 32.7 Å². The van der Waals surface area contributed by atoms with Crippen molar-refractivity contribution in [2.24, 2.45) is 0 Å². The molecule has 3 aromatic heterocycles. The average Bonchev–Trinajstić information content (AvgIpc) is 3.41.